The lowest BCUT2D eigenvalue weighted by atomic mass is 9.85. The minimum absolute atomic E-state index is 0.0332. The van der Waals surface area contributed by atoms with Gasteiger partial charge in [-0.3, -0.25) is 9.69 Å². The third-order valence-corrected chi connectivity index (χ3v) is 5.56. The largest absolute Gasteiger partial charge is 0.460 e. The van der Waals surface area contributed by atoms with Gasteiger partial charge in [-0.05, 0) is 49.0 Å². The van der Waals surface area contributed by atoms with Crippen molar-refractivity contribution in [1.29, 1.82) is 0 Å². The van der Waals surface area contributed by atoms with E-state index in [1.54, 1.807) is 7.05 Å². The number of nitrogens with zero attached hydrogens (tertiary/aromatic N) is 5. The molecule has 138 valence electrons. The van der Waals surface area contributed by atoms with Crippen molar-refractivity contribution in [3.63, 3.8) is 0 Å². The van der Waals surface area contributed by atoms with Crippen LogP contribution in [0.1, 0.15) is 36.6 Å². The number of rotatable bonds is 6. The summed E-state index contributed by atoms with van der Waals surface area (Å²) in [6, 6.07) is 9.87. The Morgan fingerprint density at radius 3 is 2.65 bits per heavy atom. The maximum absolute atomic E-state index is 13.0. The molecule has 3 fully saturated rings. The van der Waals surface area contributed by atoms with E-state index in [4.69, 9.17) is 4.74 Å². The summed E-state index contributed by atoms with van der Waals surface area (Å²) < 4.78 is 5.99. The first-order chi connectivity index (χ1) is 12.7. The maximum Gasteiger partial charge on any atom is 0.313 e. The van der Waals surface area contributed by atoms with Crippen LogP contribution >= 0.6 is 0 Å². The van der Waals surface area contributed by atoms with Gasteiger partial charge >= 0.3 is 5.97 Å². The van der Waals surface area contributed by atoms with Crippen molar-refractivity contribution < 1.29 is 9.53 Å². The van der Waals surface area contributed by atoms with Gasteiger partial charge in [0.2, 0.25) is 0 Å². The predicted molar refractivity (Wildman–Crippen MR) is 95.3 cm³/mol. The molecule has 4 heterocycles. The number of carbonyl (C=O) groups excluding carboxylic acids is 1. The predicted octanol–water partition coefficient (Wildman–Crippen LogP) is 1.56. The molecule has 0 N–H and O–H groups in total. The Kier molecular flexibility index (Phi) is 4.97. The normalized spacial score (nSPS) is 25.8. The molecule has 7 nitrogen and oxygen atoms in total. The minimum Gasteiger partial charge on any atom is -0.460 e. The number of hydrogen-bond acceptors (Lipinski definition) is 6. The number of ether oxygens (including phenoxy) is 1. The fourth-order valence-electron chi connectivity index (χ4n) is 4.08. The van der Waals surface area contributed by atoms with E-state index in [0.717, 1.165) is 38.0 Å². The van der Waals surface area contributed by atoms with Crippen LogP contribution < -0.4 is 0 Å². The van der Waals surface area contributed by atoms with Gasteiger partial charge < -0.3 is 4.74 Å². The van der Waals surface area contributed by atoms with Gasteiger partial charge in [0.1, 0.15) is 6.10 Å². The first-order valence-corrected chi connectivity index (χ1v) is 9.39. The van der Waals surface area contributed by atoms with Crippen LogP contribution in [-0.2, 0) is 23.0 Å². The zero-order valence-corrected chi connectivity index (χ0v) is 15.1. The van der Waals surface area contributed by atoms with Gasteiger partial charge in [-0.25, -0.2) is 0 Å². The van der Waals surface area contributed by atoms with Gasteiger partial charge in [-0.2, -0.15) is 4.80 Å². The lowest BCUT2D eigenvalue weighted by Gasteiger charge is -2.44. The van der Waals surface area contributed by atoms with E-state index >= 15 is 0 Å². The quantitative estimate of drug-likeness (QED) is 0.732. The summed E-state index contributed by atoms with van der Waals surface area (Å²) in [5.41, 5.74) is 0.989. The van der Waals surface area contributed by atoms with E-state index in [1.165, 1.54) is 4.80 Å². The molecule has 1 aromatic carbocycles. The molecule has 0 aliphatic carbocycles. The summed E-state index contributed by atoms with van der Waals surface area (Å²) in [7, 11) is 1.74. The molecule has 3 saturated heterocycles. The Morgan fingerprint density at radius 2 is 2.04 bits per heavy atom. The number of fused-ring (bicyclic) bond motifs is 3. The highest BCUT2D eigenvalue weighted by molar-refractivity contribution is 5.78. The summed E-state index contributed by atoms with van der Waals surface area (Å²) >= 11 is 0. The first kappa shape index (κ1) is 17.1. The number of esters is 1. The van der Waals surface area contributed by atoms with Crippen LogP contribution in [0.5, 0.6) is 0 Å². The number of benzene rings is 1. The topological polar surface area (TPSA) is 73.1 Å². The Hall–Kier alpha value is -2.28. The van der Waals surface area contributed by atoms with E-state index in [1.807, 2.05) is 30.3 Å². The van der Waals surface area contributed by atoms with E-state index in [0.29, 0.717) is 24.6 Å². The second kappa shape index (κ2) is 7.53. The lowest BCUT2D eigenvalue weighted by molar-refractivity contribution is -0.160. The van der Waals surface area contributed by atoms with Crippen LogP contribution in [-0.4, -0.2) is 56.8 Å². The highest BCUT2D eigenvalue weighted by atomic mass is 16.5. The number of aromatic nitrogens is 4. The van der Waals surface area contributed by atoms with E-state index in [-0.39, 0.29) is 18.0 Å². The van der Waals surface area contributed by atoms with Crippen molar-refractivity contribution in [1.82, 2.24) is 25.1 Å². The lowest BCUT2D eigenvalue weighted by Crippen LogP contribution is -2.52. The van der Waals surface area contributed by atoms with Crippen molar-refractivity contribution in [3.05, 3.63) is 41.7 Å². The second-order valence-corrected chi connectivity index (χ2v) is 7.31. The monoisotopic (exact) mass is 355 g/mol. The van der Waals surface area contributed by atoms with Crippen LogP contribution in [0.3, 0.4) is 0 Å². The SMILES string of the molecule is Cn1nnc(CCC(C(=O)OC2CN3CCC2CC3)c2ccccc2)n1. The zero-order chi connectivity index (χ0) is 17.9. The summed E-state index contributed by atoms with van der Waals surface area (Å²) in [6.45, 7) is 3.15. The first-order valence-electron chi connectivity index (χ1n) is 9.39. The molecule has 26 heavy (non-hydrogen) atoms. The fraction of sp³-hybridized carbons (Fsp3) is 0.579. The van der Waals surface area contributed by atoms with Gasteiger partial charge in [0, 0.05) is 13.0 Å². The molecular formula is C19H25N5O2. The zero-order valence-electron chi connectivity index (χ0n) is 15.1. The number of carbonyl (C=O) groups is 1. The molecule has 0 saturated carbocycles. The molecule has 0 radical (unpaired) electrons. The van der Waals surface area contributed by atoms with Crippen LogP contribution in [0.4, 0.5) is 0 Å². The van der Waals surface area contributed by atoms with Crippen molar-refractivity contribution in [3.8, 4) is 0 Å². The second-order valence-electron chi connectivity index (χ2n) is 7.31. The molecule has 2 atom stereocenters. The molecule has 0 amide bonds. The number of tetrazole rings is 1. The smallest absolute Gasteiger partial charge is 0.313 e. The van der Waals surface area contributed by atoms with Gasteiger partial charge in [0.25, 0.3) is 0 Å². The highest BCUT2D eigenvalue weighted by Crippen LogP contribution is 2.31. The molecule has 2 aromatic rings. The summed E-state index contributed by atoms with van der Waals surface area (Å²) in [4.78, 5) is 16.9. The molecule has 2 bridgehead atoms. The van der Waals surface area contributed by atoms with Crippen LogP contribution in [0.2, 0.25) is 0 Å². The van der Waals surface area contributed by atoms with Crippen molar-refractivity contribution in [2.45, 2.75) is 37.7 Å². The van der Waals surface area contributed by atoms with E-state index < -0.39 is 0 Å². The van der Waals surface area contributed by atoms with Gasteiger partial charge in [-0.1, -0.05) is 30.3 Å². The average molecular weight is 355 g/mol. The van der Waals surface area contributed by atoms with Crippen molar-refractivity contribution >= 4 is 5.97 Å². The summed E-state index contributed by atoms with van der Waals surface area (Å²) in [5, 5.41) is 12.1. The van der Waals surface area contributed by atoms with Gasteiger partial charge in [0.15, 0.2) is 5.82 Å². The molecule has 3 aliphatic rings. The summed E-state index contributed by atoms with van der Waals surface area (Å²) in [6.07, 6.45) is 3.53. The molecule has 2 unspecified atom stereocenters. The van der Waals surface area contributed by atoms with Crippen LogP contribution in [0.15, 0.2) is 30.3 Å². The average Bonchev–Trinajstić information content (AvgIpc) is 3.09. The summed E-state index contributed by atoms with van der Waals surface area (Å²) in [5.74, 6) is 0.750. The number of piperidine rings is 3. The number of aryl methyl sites for hydroxylation is 2. The molecule has 5 rings (SSSR count). The Bertz CT molecular complexity index is 739. The molecule has 3 aliphatic heterocycles. The molecule has 1 aromatic heterocycles. The maximum atomic E-state index is 13.0. The van der Waals surface area contributed by atoms with Crippen LogP contribution in [0.25, 0.3) is 0 Å². The number of hydrogen-bond donors (Lipinski definition) is 0. The third-order valence-electron chi connectivity index (χ3n) is 5.56. The fourth-order valence-corrected chi connectivity index (χ4v) is 4.08. The van der Waals surface area contributed by atoms with Crippen molar-refractivity contribution in [2.75, 3.05) is 19.6 Å². The molecule has 0 spiro atoms. The van der Waals surface area contributed by atoms with Crippen LogP contribution in [0, 0.1) is 5.92 Å². The molecule has 7 heteroatoms. The van der Waals surface area contributed by atoms with E-state index in [9.17, 15) is 4.79 Å². The van der Waals surface area contributed by atoms with Gasteiger partial charge in [0.05, 0.1) is 13.0 Å². The Morgan fingerprint density at radius 1 is 1.27 bits per heavy atom. The standard InChI is InChI=1S/C19H25N5O2/c1-23-21-18(20-22-23)8-7-16(14-5-3-2-4-6-14)19(25)26-17-13-24-11-9-15(17)10-12-24/h2-6,15-17H,7-13H2,1H3. The van der Waals surface area contributed by atoms with Gasteiger partial charge in [-0.15, -0.1) is 10.2 Å². The Labute approximate surface area is 153 Å². The Balaban J connectivity index is 1.45. The third kappa shape index (κ3) is 3.77. The molecular weight excluding hydrogens is 330 g/mol. The van der Waals surface area contributed by atoms with Crippen molar-refractivity contribution in [2.24, 2.45) is 13.0 Å². The minimum atomic E-state index is -0.296. The van der Waals surface area contributed by atoms with E-state index in [2.05, 4.69) is 20.3 Å². The highest BCUT2D eigenvalue weighted by Gasteiger charge is 2.37.